The fourth-order valence-corrected chi connectivity index (χ4v) is 7.13. The van der Waals surface area contributed by atoms with Gasteiger partial charge in [0.05, 0.1) is 51.7 Å². The van der Waals surface area contributed by atoms with Crippen molar-refractivity contribution in [2.45, 2.75) is 95.7 Å². The third-order valence-corrected chi connectivity index (χ3v) is 17.1. The summed E-state index contributed by atoms with van der Waals surface area (Å²) in [4.78, 5) is 79.4. The van der Waals surface area contributed by atoms with E-state index in [1.807, 2.05) is 117 Å². The maximum Gasteiger partial charge on any atom is 0.315 e. The second kappa shape index (κ2) is 30.1. The van der Waals surface area contributed by atoms with E-state index in [2.05, 4.69) is 10.6 Å². The number of carbonyl (C=O) groups excluding carboxylic acids is 6. The van der Waals surface area contributed by atoms with Gasteiger partial charge in [0.15, 0.2) is 5.78 Å². The summed E-state index contributed by atoms with van der Waals surface area (Å²) >= 11 is 1.96. The van der Waals surface area contributed by atoms with E-state index >= 15 is 0 Å². The quantitative estimate of drug-likeness (QED) is 0.0222. The van der Waals surface area contributed by atoms with Gasteiger partial charge in [-0.05, 0) is 114 Å². The van der Waals surface area contributed by atoms with Crippen LogP contribution in [-0.4, -0.2) is 186 Å². The lowest BCUT2D eigenvalue weighted by molar-refractivity contribution is -0.170. The van der Waals surface area contributed by atoms with E-state index < -0.39 is 60.7 Å². The molecule has 15 nitrogen and oxygen atoms in total. The number of esters is 3. The molecule has 0 aliphatic carbocycles. The first-order chi connectivity index (χ1) is 27.9. The molecule has 2 atom stereocenters. The highest BCUT2D eigenvalue weighted by Gasteiger charge is 2.43. The van der Waals surface area contributed by atoms with Gasteiger partial charge in [-0.25, -0.2) is 0 Å². The summed E-state index contributed by atoms with van der Waals surface area (Å²) in [5.41, 5.74) is -1.28. The molecule has 2 amide bonds. The summed E-state index contributed by atoms with van der Waals surface area (Å²) in [5.74, 6) is -1.90. The largest absolute Gasteiger partial charge is 0.464 e. The van der Waals surface area contributed by atoms with Gasteiger partial charge in [0.2, 0.25) is 11.8 Å². The third kappa shape index (κ3) is 23.5. The second-order valence-electron chi connectivity index (χ2n) is 17.1. The molecule has 0 rings (SSSR count). The molecule has 0 fully saturated rings. The smallest absolute Gasteiger partial charge is 0.315 e. The van der Waals surface area contributed by atoms with Gasteiger partial charge in [-0.1, -0.05) is 45.4 Å². The van der Waals surface area contributed by atoms with Crippen LogP contribution in [0.2, 0.25) is 0 Å². The van der Waals surface area contributed by atoms with Crippen molar-refractivity contribution in [2.24, 2.45) is 5.41 Å². The van der Waals surface area contributed by atoms with E-state index in [-0.39, 0.29) is 74.6 Å². The minimum absolute atomic E-state index is 0.178. The number of ketones is 1. The maximum atomic E-state index is 13.3. The van der Waals surface area contributed by atoms with Crippen molar-refractivity contribution in [1.82, 2.24) is 15.5 Å². The summed E-state index contributed by atoms with van der Waals surface area (Å²) in [6.07, 6.45) is 2.73. The molecule has 0 aliphatic heterocycles. The van der Waals surface area contributed by atoms with Crippen LogP contribution in [0.5, 0.6) is 0 Å². The fourth-order valence-electron chi connectivity index (χ4n) is 4.95. The normalized spacial score (nSPS) is 13.2. The number of hydrogen-bond acceptors (Lipinski definition) is 13. The number of nitrogens with zero attached hydrogens (tertiary/aromatic N) is 1. The Balaban J connectivity index is 5.32. The van der Waals surface area contributed by atoms with Crippen molar-refractivity contribution >= 4 is 82.5 Å². The minimum atomic E-state index is -1.28. The van der Waals surface area contributed by atoms with Gasteiger partial charge in [0.25, 0.3) is 0 Å². The summed E-state index contributed by atoms with van der Waals surface area (Å²) in [6.45, 7) is 21.9. The molecule has 0 saturated heterocycles. The van der Waals surface area contributed by atoms with Crippen LogP contribution in [0.3, 0.4) is 0 Å². The zero-order valence-corrected chi connectivity index (χ0v) is 43.7. The first-order valence-electron chi connectivity index (χ1n) is 20.5. The van der Waals surface area contributed by atoms with Crippen LogP contribution >= 0.6 is 47.0 Å². The Labute approximate surface area is 378 Å². The van der Waals surface area contributed by atoms with Crippen LogP contribution in [-0.2, 0) is 57.2 Å². The van der Waals surface area contributed by atoms with Gasteiger partial charge in [-0.2, -0.15) is 0 Å². The molecule has 19 heteroatoms. The van der Waals surface area contributed by atoms with Gasteiger partial charge in [0, 0.05) is 19.6 Å². The molecule has 0 aliphatic rings. The first-order valence-corrected chi connectivity index (χ1v) is 27.7. The Hall–Kier alpha value is -1.12. The molecule has 0 aromatic heterocycles. The summed E-state index contributed by atoms with van der Waals surface area (Å²) in [5, 5.41) is 3.34. The molecule has 0 radical (unpaired) electrons. The van der Waals surface area contributed by atoms with Crippen molar-refractivity contribution in [1.29, 1.82) is 0 Å². The molecular weight excluding hydrogens is 946 g/mol. The molecule has 0 bridgehead atoms. The monoisotopic (exact) mass is 1020 g/mol. The molecule has 0 saturated carbocycles. The molecular formula is C41H77IN3O12P3. The summed E-state index contributed by atoms with van der Waals surface area (Å²) < 4.78 is 35.1. The SMILES string of the molecule is CCPC(C)(C)C(=O)OCC(COCC(=O)CCCOCCOCCNC(=O)C(CCCN(C)C)NC(=O)CI)(COC(=O)C(C)(C)P(C)C)COC(=O)C(C)(C)P(C)C. The Kier molecular flexibility index (Phi) is 29.5. The van der Waals surface area contributed by atoms with Gasteiger partial charge < -0.3 is 44.0 Å². The number of Topliss-reactive ketones (excluding diaryl/α,β-unsaturated/α-hetero) is 1. The zero-order chi connectivity index (χ0) is 46.2. The fraction of sp³-hybridized carbons (Fsp3) is 0.854. The molecule has 2 unspecified atom stereocenters. The molecule has 0 aromatic carbocycles. The first kappa shape index (κ1) is 58.9. The lowest BCUT2D eigenvalue weighted by Gasteiger charge is -2.36. The molecule has 0 aromatic rings. The topological polar surface area (TPSA) is 185 Å². The van der Waals surface area contributed by atoms with Crippen LogP contribution in [0, 0.1) is 5.41 Å². The standard InChI is InChI=1S/C41H77IN3O12P3/c1-14-58-38(2,3)35(49)55-28-41(29-56-36(50)39(4,5)59(10)11,30-57-37(51)40(6,7)60(12)13)27-54-26-31(46)17-16-21-52-23-24-53-22-19-43-34(48)32(44-33(47)25-42)18-15-20-45(8)9/h32,58H,14-30H2,1-13H3,(H,43,48)(H,44,47). The van der Waals surface area contributed by atoms with Crippen molar-refractivity contribution < 1.29 is 57.2 Å². The van der Waals surface area contributed by atoms with E-state index in [4.69, 9.17) is 28.4 Å². The van der Waals surface area contributed by atoms with E-state index in [0.29, 0.717) is 41.2 Å². The summed E-state index contributed by atoms with van der Waals surface area (Å²) in [7, 11) is 2.81. The Morgan fingerprint density at radius 1 is 0.717 bits per heavy atom. The third-order valence-electron chi connectivity index (χ3n) is 10.1. The van der Waals surface area contributed by atoms with Crippen molar-refractivity contribution in [2.75, 3.05) is 124 Å². The second-order valence-corrected chi connectivity index (χ2v) is 26.0. The number of alkyl halides is 1. The van der Waals surface area contributed by atoms with Gasteiger partial charge in [0.1, 0.15) is 32.5 Å². The van der Waals surface area contributed by atoms with E-state index in [0.717, 1.165) is 19.1 Å². The lowest BCUT2D eigenvalue weighted by Crippen LogP contribution is -2.48. The predicted octanol–water partition coefficient (Wildman–Crippen LogP) is 4.90. The van der Waals surface area contributed by atoms with Gasteiger partial charge in [-0.3, -0.25) is 28.8 Å². The Morgan fingerprint density at radius 2 is 1.23 bits per heavy atom. The van der Waals surface area contributed by atoms with Crippen LogP contribution in [0.25, 0.3) is 0 Å². The minimum Gasteiger partial charge on any atom is -0.464 e. The maximum absolute atomic E-state index is 13.3. The van der Waals surface area contributed by atoms with E-state index in [9.17, 15) is 28.8 Å². The van der Waals surface area contributed by atoms with E-state index in [1.54, 1.807) is 0 Å². The number of rotatable bonds is 34. The van der Waals surface area contributed by atoms with Gasteiger partial charge >= 0.3 is 17.9 Å². The van der Waals surface area contributed by atoms with Crippen LogP contribution < -0.4 is 10.6 Å². The molecule has 2 N–H and O–H groups in total. The lowest BCUT2D eigenvalue weighted by atomic mass is 9.91. The van der Waals surface area contributed by atoms with Gasteiger partial charge in [-0.15, -0.1) is 8.58 Å². The highest BCUT2D eigenvalue weighted by molar-refractivity contribution is 14.1. The average molecular weight is 1020 g/mol. The number of amides is 2. The average Bonchev–Trinajstić information content (AvgIpc) is 3.17. The zero-order valence-electron chi connectivity index (χ0n) is 38.7. The highest BCUT2D eigenvalue weighted by atomic mass is 127. The highest BCUT2D eigenvalue weighted by Crippen LogP contribution is 2.44. The van der Waals surface area contributed by atoms with Crippen LogP contribution in [0.15, 0.2) is 0 Å². The Bertz CT molecular complexity index is 1300. The predicted molar refractivity (Wildman–Crippen MR) is 252 cm³/mol. The number of ether oxygens (including phenoxy) is 6. The molecule has 0 heterocycles. The molecule has 0 spiro atoms. The number of nitrogens with one attached hydrogen (secondary N) is 2. The van der Waals surface area contributed by atoms with Crippen LogP contribution in [0.1, 0.15) is 74.1 Å². The summed E-state index contributed by atoms with van der Waals surface area (Å²) in [6, 6.07) is -0.598. The molecule has 350 valence electrons. The van der Waals surface area contributed by atoms with E-state index in [1.165, 1.54) is 0 Å². The van der Waals surface area contributed by atoms with Crippen molar-refractivity contribution in [3.63, 3.8) is 0 Å². The van der Waals surface area contributed by atoms with Crippen molar-refractivity contribution in [3.05, 3.63) is 0 Å². The Morgan fingerprint density at radius 3 is 1.72 bits per heavy atom. The number of hydrogen-bond donors (Lipinski definition) is 2. The van der Waals surface area contributed by atoms with Crippen molar-refractivity contribution in [3.8, 4) is 0 Å². The number of halogens is 1. The van der Waals surface area contributed by atoms with Crippen LogP contribution in [0.4, 0.5) is 0 Å². The molecule has 60 heavy (non-hydrogen) atoms. The number of carbonyl (C=O) groups is 6.